The highest BCUT2D eigenvalue weighted by atomic mass is 15.1. The maximum Gasteiger partial charge on any atom is 0.119 e. The van der Waals surface area contributed by atoms with Gasteiger partial charge in [-0.05, 0) is 155 Å². The van der Waals surface area contributed by atoms with Gasteiger partial charge in [-0.15, -0.1) is 5.10 Å². The van der Waals surface area contributed by atoms with Crippen molar-refractivity contribution < 1.29 is 0 Å². The molecule has 0 bridgehead atoms. The van der Waals surface area contributed by atoms with E-state index in [-0.39, 0.29) is 0 Å². The molecule has 6 nitrogen and oxygen atoms in total. The van der Waals surface area contributed by atoms with E-state index in [2.05, 4.69) is 284 Å². The van der Waals surface area contributed by atoms with Crippen molar-refractivity contribution in [2.24, 2.45) is 0 Å². The normalized spacial score (nSPS) is 11.3. The zero-order chi connectivity index (χ0) is 48.5. The molecule has 73 heavy (non-hydrogen) atoms. The lowest BCUT2D eigenvalue weighted by atomic mass is 9.99. The van der Waals surface area contributed by atoms with Gasteiger partial charge >= 0.3 is 0 Å². The van der Waals surface area contributed by atoms with Gasteiger partial charge in [0.2, 0.25) is 0 Å². The molecule has 13 rings (SSSR count). The van der Waals surface area contributed by atoms with Crippen LogP contribution in [-0.4, -0.2) is 19.7 Å². The molecule has 0 unspecified atom stereocenters. The first-order valence-electron chi connectivity index (χ1n) is 24.6. The Labute approximate surface area is 424 Å². The quantitative estimate of drug-likeness (QED) is 0.129. The topological polar surface area (TPSA) is 50.1 Å². The van der Waals surface area contributed by atoms with Crippen molar-refractivity contribution in [3.63, 3.8) is 0 Å². The summed E-state index contributed by atoms with van der Waals surface area (Å²) in [6, 6.07) is 95.3. The Morgan fingerprint density at radius 3 is 1.14 bits per heavy atom. The third-order valence-electron chi connectivity index (χ3n) is 13.8. The van der Waals surface area contributed by atoms with E-state index >= 15 is 0 Å². The van der Waals surface area contributed by atoms with Gasteiger partial charge < -0.3 is 14.4 Å². The van der Waals surface area contributed by atoms with Crippen LogP contribution in [-0.2, 0) is 0 Å². The van der Waals surface area contributed by atoms with Gasteiger partial charge in [-0.2, -0.15) is 5.10 Å². The molecule has 3 heterocycles. The van der Waals surface area contributed by atoms with E-state index in [4.69, 9.17) is 0 Å². The second-order valence-corrected chi connectivity index (χ2v) is 18.2. The standard InChI is InChI=1S/C67H46N6/c1-5-15-55(16-6-1)71(56-17-7-2-8-18-56)59-37-29-49(30-38-59)52-33-41-64-62(44-52)63-45-53(34-42-65(63)73(64)58-21-11-4-12-22-58)50-31-39-61(40-32-50)72(57-19-9-3-10-20-57)60-35-27-48(28-36-60)47-23-25-51(26-24-47)67-66-54(46-69-70-67)14-13-43-68-66/h1-46H. The lowest BCUT2D eigenvalue weighted by Gasteiger charge is -2.26. The van der Waals surface area contributed by atoms with Crippen molar-refractivity contribution in [1.82, 2.24) is 19.7 Å². The predicted octanol–water partition coefficient (Wildman–Crippen LogP) is 17.7. The van der Waals surface area contributed by atoms with Crippen molar-refractivity contribution >= 4 is 66.8 Å². The lowest BCUT2D eigenvalue weighted by Crippen LogP contribution is -2.09. The number of aromatic nitrogens is 4. The average Bonchev–Trinajstić information content (AvgIpc) is 3.80. The highest BCUT2D eigenvalue weighted by molar-refractivity contribution is 6.11. The van der Waals surface area contributed by atoms with Gasteiger partial charge in [0.15, 0.2) is 0 Å². The Bertz CT molecular complexity index is 3980. The number of para-hydroxylation sites is 4. The van der Waals surface area contributed by atoms with E-state index in [1.807, 2.05) is 12.1 Å². The number of fused-ring (bicyclic) bond motifs is 4. The first kappa shape index (κ1) is 43.1. The molecule has 0 saturated carbocycles. The lowest BCUT2D eigenvalue weighted by molar-refractivity contribution is 1.05. The fraction of sp³-hybridized carbons (Fsp3) is 0. The molecule has 10 aromatic carbocycles. The Morgan fingerprint density at radius 1 is 0.315 bits per heavy atom. The second-order valence-electron chi connectivity index (χ2n) is 18.2. The maximum atomic E-state index is 4.59. The Hall–Kier alpha value is -9.91. The largest absolute Gasteiger partial charge is 0.311 e. The first-order chi connectivity index (χ1) is 36.2. The smallest absolute Gasteiger partial charge is 0.119 e. The fourth-order valence-electron chi connectivity index (χ4n) is 10.2. The van der Waals surface area contributed by atoms with Gasteiger partial charge in [-0.3, -0.25) is 4.98 Å². The molecule has 0 aliphatic heterocycles. The van der Waals surface area contributed by atoms with Crippen LogP contribution in [0.1, 0.15) is 0 Å². The molecule has 0 saturated heterocycles. The summed E-state index contributed by atoms with van der Waals surface area (Å²) < 4.78 is 2.39. The maximum absolute atomic E-state index is 4.59. The first-order valence-corrected chi connectivity index (χ1v) is 24.6. The zero-order valence-electron chi connectivity index (χ0n) is 39.7. The van der Waals surface area contributed by atoms with Gasteiger partial charge in [0.25, 0.3) is 0 Å². The predicted molar refractivity (Wildman–Crippen MR) is 303 cm³/mol. The number of pyridine rings is 1. The van der Waals surface area contributed by atoms with Crippen LogP contribution in [0.4, 0.5) is 34.1 Å². The Morgan fingerprint density at radius 2 is 0.685 bits per heavy atom. The number of anilines is 6. The summed E-state index contributed by atoms with van der Waals surface area (Å²) in [5, 5.41) is 12.1. The summed E-state index contributed by atoms with van der Waals surface area (Å²) in [5.41, 5.74) is 19.5. The molecule has 0 aliphatic rings. The van der Waals surface area contributed by atoms with Crippen molar-refractivity contribution in [2.75, 3.05) is 9.80 Å². The molecule has 0 fully saturated rings. The van der Waals surface area contributed by atoms with E-state index < -0.39 is 0 Å². The van der Waals surface area contributed by atoms with Gasteiger partial charge in [0.05, 0.1) is 22.7 Å². The summed E-state index contributed by atoms with van der Waals surface area (Å²) in [7, 11) is 0. The minimum absolute atomic E-state index is 0.781. The highest BCUT2D eigenvalue weighted by Gasteiger charge is 2.18. The molecule has 344 valence electrons. The summed E-state index contributed by atoms with van der Waals surface area (Å²) in [6.07, 6.45) is 3.55. The van der Waals surface area contributed by atoms with Crippen LogP contribution in [0.25, 0.3) is 83.0 Å². The zero-order valence-corrected chi connectivity index (χ0v) is 39.7. The number of rotatable bonds is 11. The van der Waals surface area contributed by atoms with Crippen LogP contribution in [0.15, 0.2) is 279 Å². The Kier molecular flexibility index (Phi) is 11.1. The van der Waals surface area contributed by atoms with E-state index in [1.54, 1.807) is 12.4 Å². The van der Waals surface area contributed by atoms with E-state index in [0.29, 0.717) is 0 Å². The van der Waals surface area contributed by atoms with Crippen LogP contribution >= 0.6 is 0 Å². The summed E-state index contributed by atoms with van der Waals surface area (Å²) in [5.74, 6) is 0. The third kappa shape index (κ3) is 8.23. The van der Waals surface area contributed by atoms with Gasteiger partial charge in [-0.25, -0.2) is 0 Å². The molecular weight excluding hydrogens is 889 g/mol. The summed E-state index contributed by atoms with van der Waals surface area (Å²) in [4.78, 5) is 9.20. The summed E-state index contributed by atoms with van der Waals surface area (Å²) >= 11 is 0. The second kappa shape index (κ2) is 18.8. The number of hydrogen-bond acceptors (Lipinski definition) is 5. The van der Waals surface area contributed by atoms with Crippen molar-refractivity contribution in [3.05, 3.63) is 279 Å². The van der Waals surface area contributed by atoms with Crippen LogP contribution in [0, 0.1) is 0 Å². The molecule has 0 amide bonds. The van der Waals surface area contributed by atoms with Crippen LogP contribution in [0.5, 0.6) is 0 Å². The van der Waals surface area contributed by atoms with Gasteiger partial charge in [0, 0.05) is 67.7 Å². The van der Waals surface area contributed by atoms with E-state index in [9.17, 15) is 0 Å². The minimum Gasteiger partial charge on any atom is -0.311 e. The molecule has 0 N–H and O–H groups in total. The Balaban J connectivity index is 0.824. The van der Waals surface area contributed by atoms with Gasteiger partial charge in [0.1, 0.15) is 5.69 Å². The third-order valence-corrected chi connectivity index (χ3v) is 13.8. The highest BCUT2D eigenvalue weighted by Crippen LogP contribution is 2.41. The minimum atomic E-state index is 0.781. The SMILES string of the molecule is c1ccc(N(c2ccccc2)c2ccc(-c3ccc4c(c3)c3cc(-c5ccc(N(c6ccccc6)c6ccc(-c7ccc(-c8nncc9cccnc89)cc7)cc6)cc5)ccc3n4-c3ccccc3)cc2)cc1. The molecular formula is C67H46N6. The molecule has 0 aliphatic carbocycles. The van der Waals surface area contributed by atoms with E-state index in [1.165, 1.54) is 27.4 Å². The van der Waals surface area contributed by atoms with Crippen LogP contribution in [0.2, 0.25) is 0 Å². The molecule has 0 radical (unpaired) electrons. The number of benzene rings is 10. The van der Waals surface area contributed by atoms with Gasteiger partial charge in [-0.1, -0.05) is 146 Å². The molecule has 13 aromatic rings. The van der Waals surface area contributed by atoms with E-state index in [0.717, 1.165) is 89.8 Å². The van der Waals surface area contributed by atoms with Crippen LogP contribution < -0.4 is 9.80 Å². The number of hydrogen-bond donors (Lipinski definition) is 0. The van der Waals surface area contributed by atoms with Crippen molar-refractivity contribution in [2.45, 2.75) is 0 Å². The fourth-order valence-corrected chi connectivity index (χ4v) is 10.2. The average molecular weight is 935 g/mol. The molecule has 3 aromatic heterocycles. The molecule has 0 spiro atoms. The molecule has 0 atom stereocenters. The summed E-state index contributed by atoms with van der Waals surface area (Å²) in [6.45, 7) is 0. The molecule has 6 heteroatoms. The number of nitrogens with zero attached hydrogens (tertiary/aromatic N) is 6. The van der Waals surface area contributed by atoms with Crippen molar-refractivity contribution in [3.8, 4) is 50.3 Å². The monoisotopic (exact) mass is 934 g/mol. The van der Waals surface area contributed by atoms with Crippen LogP contribution in [0.3, 0.4) is 0 Å². The van der Waals surface area contributed by atoms with Crippen molar-refractivity contribution in [1.29, 1.82) is 0 Å².